The number of aliphatic hydroxyl groups is 1. The van der Waals surface area contributed by atoms with Gasteiger partial charge in [-0.1, -0.05) is 0 Å². The van der Waals surface area contributed by atoms with Gasteiger partial charge in [0.25, 0.3) is 0 Å². The minimum absolute atomic E-state index is 0.0454. The van der Waals surface area contributed by atoms with Crippen LogP contribution >= 0.6 is 0 Å². The van der Waals surface area contributed by atoms with Crippen molar-refractivity contribution >= 4 is 6.41 Å². The minimum Gasteiger partial charge on any atom is -0.396 e. The highest BCUT2D eigenvalue weighted by molar-refractivity contribution is 5.47. The molecule has 82 valence electrons. The Morgan fingerprint density at radius 3 is 2.29 bits per heavy atom. The predicted octanol–water partition coefficient (Wildman–Crippen LogP) is -0.0786. The van der Waals surface area contributed by atoms with E-state index in [1.165, 1.54) is 0 Å². The molecule has 0 spiro atoms. The predicted molar refractivity (Wildman–Crippen MR) is 55.0 cm³/mol. The topological polar surface area (TPSA) is 43.8 Å². The lowest BCUT2D eigenvalue weighted by Gasteiger charge is -2.43. The first-order valence-electron chi connectivity index (χ1n) is 5.15. The molecule has 0 aromatic rings. The summed E-state index contributed by atoms with van der Waals surface area (Å²) in [6, 6.07) is 0. The zero-order chi connectivity index (χ0) is 10.6. The maximum Gasteiger partial charge on any atom is 0.209 e. The van der Waals surface area contributed by atoms with Crippen LogP contribution in [0.15, 0.2) is 0 Å². The molecule has 0 aliphatic carbocycles. The van der Waals surface area contributed by atoms with Crippen LogP contribution in [0.4, 0.5) is 0 Å². The van der Waals surface area contributed by atoms with Crippen molar-refractivity contribution in [2.45, 2.75) is 25.8 Å². The Morgan fingerprint density at radius 2 is 1.86 bits per heavy atom. The Morgan fingerprint density at radius 1 is 1.29 bits per heavy atom. The summed E-state index contributed by atoms with van der Waals surface area (Å²) in [4.78, 5) is 14.6. The molecular formula is C10H20N2O2. The number of hydrogen-bond acceptors (Lipinski definition) is 3. The van der Waals surface area contributed by atoms with Crippen molar-refractivity contribution in [1.82, 2.24) is 9.80 Å². The van der Waals surface area contributed by atoms with Gasteiger partial charge in [-0.05, 0) is 20.3 Å². The molecule has 0 aromatic carbocycles. The molecule has 0 atom stereocenters. The lowest BCUT2D eigenvalue weighted by molar-refractivity contribution is -0.120. The number of carbonyl (C=O) groups is 1. The van der Waals surface area contributed by atoms with Crippen LogP contribution in [-0.4, -0.2) is 59.6 Å². The van der Waals surface area contributed by atoms with Gasteiger partial charge in [0.15, 0.2) is 0 Å². The first-order chi connectivity index (χ1) is 6.60. The maximum absolute atomic E-state index is 10.5. The van der Waals surface area contributed by atoms with Gasteiger partial charge in [-0.2, -0.15) is 0 Å². The third kappa shape index (κ3) is 2.69. The molecule has 0 radical (unpaired) electrons. The van der Waals surface area contributed by atoms with E-state index in [1.54, 1.807) is 4.90 Å². The van der Waals surface area contributed by atoms with Crippen LogP contribution in [-0.2, 0) is 4.79 Å². The van der Waals surface area contributed by atoms with Crippen LogP contribution in [0.2, 0.25) is 0 Å². The molecule has 1 heterocycles. The smallest absolute Gasteiger partial charge is 0.209 e. The lowest BCUT2D eigenvalue weighted by Crippen LogP contribution is -2.54. The van der Waals surface area contributed by atoms with E-state index in [4.69, 9.17) is 5.11 Å². The van der Waals surface area contributed by atoms with Crippen molar-refractivity contribution in [3.63, 3.8) is 0 Å². The lowest BCUT2D eigenvalue weighted by atomic mass is 9.97. The molecule has 0 aromatic heterocycles. The molecule has 1 saturated heterocycles. The van der Waals surface area contributed by atoms with Crippen LogP contribution < -0.4 is 0 Å². The van der Waals surface area contributed by atoms with Crippen LogP contribution in [0.1, 0.15) is 20.3 Å². The van der Waals surface area contributed by atoms with E-state index in [1.807, 2.05) is 0 Å². The third-order valence-corrected chi connectivity index (χ3v) is 3.04. The summed E-state index contributed by atoms with van der Waals surface area (Å²) in [6.45, 7) is 7.93. The summed E-state index contributed by atoms with van der Waals surface area (Å²) in [6.07, 6.45) is 1.70. The van der Waals surface area contributed by atoms with E-state index in [9.17, 15) is 4.79 Å². The fraction of sp³-hybridized carbons (Fsp3) is 0.900. The SMILES string of the molecule is CC(C)(CCO)N1CCN(C=O)CC1. The van der Waals surface area contributed by atoms with Crippen molar-refractivity contribution in [3.8, 4) is 0 Å². The number of piperazine rings is 1. The summed E-state index contributed by atoms with van der Waals surface area (Å²) >= 11 is 0. The second-order valence-corrected chi connectivity index (χ2v) is 4.41. The maximum atomic E-state index is 10.5. The molecule has 1 amide bonds. The Hall–Kier alpha value is -0.610. The van der Waals surface area contributed by atoms with Crippen LogP contribution in [0.25, 0.3) is 0 Å². The summed E-state index contributed by atoms with van der Waals surface area (Å²) in [7, 11) is 0. The van der Waals surface area contributed by atoms with Crippen molar-refractivity contribution < 1.29 is 9.90 Å². The minimum atomic E-state index is 0.0454. The number of amides is 1. The molecule has 1 fully saturated rings. The van der Waals surface area contributed by atoms with Crippen molar-refractivity contribution in [2.24, 2.45) is 0 Å². The van der Waals surface area contributed by atoms with Gasteiger partial charge in [-0.3, -0.25) is 9.69 Å². The first-order valence-corrected chi connectivity index (χ1v) is 5.15. The molecule has 4 heteroatoms. The molecule has 0 bridgehead atoms. The average molecular weight is 200 g/mol. The van der Waals surface area contributed by atoms with E-state index in [0.29, 0.717) is 0 Å². The zero-order valence-corrected chi connectivity index (χ0v) is 9.07. The van der Waals surface area contributed by atoms with E-state index >= 15 is 0 Å². The normalized spacial score (nSPS) is 19.8. The highest BCUT2D eigenvalue weighted by atomic mass is 16.3. The van der Waals surface area contributed by atoms with Gasteiger partial charge in [0.1, 0.15) is 0 Å². The zero-order valence-electron chi connectivity index (χ0n) is 9.07. The van der Waals surface area contributed by atoms with Gasteiger partial charge in [-0.25, -0.2) is 0 Å². The van der Waals surface area contributed by atoms with E-state index in [2.05, 4.69) is 18.7 Å². The van der Waals surface area contributed by atoms with Crippen molar-refractivity contribution in [3.05, 3.63) is 0 Å². The standard InChI is InChI=1S/C10H20N2O2/c1-10(2,3-8-13)12-6-4-11(9-14)5-7-12/h9,13H,3-8H2,1-2H3. The molecule has 0 saturated carbocycles. The Balaban J connectivity index is 2.44. The molecule has 4 nitrogen and oxygen atoms in total. The molecule has 1 aliphatic heterocycles. The second-order valence-electron chi connectivity index (χ2n) is 4.41. The van der Waals surface area contributed by atoms with Gasteiger partial charge in [-0.15, -0.1) is 0 Å². The Bertz CT molecular complexity index is 187. The fourth-order valence-corrected chi connectivity index (χ4v) is 1.86. The number of carbonyl (C=O) groups excluding carboxylic acids is 1. The number of nitrogens with zero attached hydrogens (tertiary/aromatic N) is 2. The summed E-state index contributed by atoms with van der Waals surface area (Å²) in [5.74, 6) is 0. The first kappa shape index (κ1) is 11.5. The monoisotopic (exact) mass is 200 g/mol. The van der Waals surface area contributed by atoms with Gasteiger partial charge < -0.3 is 10.0 Å². The van der Waals surface area contributed by atoms with Gasteiger partial charge in [0, 0.05) is 38.3 Å². The van der Waals surface area contributed by atoms with E-state index in [0.717, 1.165) is 39.0 Å². The Kier molecular flexibility index (Phi) is 3.89. The Labute approximate surface area is 85.5 Å². The third-order valence-electron chi connectivity index (χ3n) is 3.04. The highest BCUT2D eigenvalue weighted by Crippen LogP contribution is 2.19. The molecule has 1 aliphatic rings. The fourth-order valence-electron chi connectivity index (χ4n) is 1.86. The van der Waals surface area contributed by atoms with Crippen LogP contribution in [0.3, 0.4) is 0 Å². The van der Waals surface area contributed by atoms with Crippen molar-refractivity contribution in [2.75, 3.05) is 32.8 Å². The van der Waals surface area contributed by atoms with Gasteiger partial charge in [0.2, 0.25) is 6.41 Å². The largest absolute Gasteiger partial charge is 0.396 e. The quantitative estimate of drug-likeness (QED) is 0.646. The molecule has 0 unspecified atom stereocenters. The van der Waals surface area contributed by atoms with E-state index in [-0.39, 0.29) is 12.1 Å². The summed E-state index contributed by atoms with van der Waals surface area (Å²) in [5.41, 5.74) is 0.0454. The molecule has 1 rings (SSSR count). The van der Waals surface area contributed by atoms with Crippen LogP contribution in [0, 0.1) is 0 Å². The van der Waals surface area contributed by atoms with Gasteiger partial charge >= 0.3 is 0 Å². The average Bonchev–Trinajstić information content (AvgIpc) is 2.18. The van der Waals surface area contributed by atoms with Gasteiger partial charge in [0.05, 0.1) is 0 Å². The summed E-state index contributed by atoms with van der Waals surface area (Å²) < 4.78 is 0. The second kappa shape index (κ2) is 4.75. The molecule has 14 heavy (non-hydrogen) atoms. The molecular weight excluding hydrogens is 180 g/mol. The van der Waals surface area contributed by atoms with Crippen LogP contribution in [0.5, 0.6) is 0 Å². The number of rotatable bonds is 4. The molecule has 1 N–H and O–H groups in total. The number of hydrogen-bond donors (Lipinski definition) is 1. The van der Waals surface area contributed by atoms with E-state index < -0.39 is 0 Å². The number of aliphatic hydroxyl groups excluding tert-OH is 1. The highest BCUT2D eigenvalue weighted by Gasteiger charge is 2.28. The van der Waals surface area contributed by atoms with Crippen molar-refractivity contribution in [1.29, 1.82) is 0 Å². The summed E-state index contributed by atoms with van der Waals surface area (Å²) in [5, 5.41) is 8.94.